The van der Waals surface area contributed by atoms with Crippen LogP contribution in [0.2, 0.25) is 0 Å². The van der Waals surface area contributed by atoms with Crippen LogP contribution in [-0.4, -0.2) is 36.7 Å². The van der Waals surface area contributed by atoms with E-state index in [4.69, 9.17) is 9.47 Å². The van der Waals surface area contributed by atoms with Crippen molar-refractivity contribution in [2.24, 2.45) is 5.41 Å². The lowest BCUT2D eigenvalue weighted by Gasteiger charge is -2.37. The largest absolute Gasteiger partial charge is 0.493 e. The summed E-state index contributed by atoms with van der Waals surface area (Å²) in [5.41, 5.74) is 4.28. The van der Waals surface area contributed by atoms with Crippen molar-refractivity contribution in [1.29, 1.82) is 0 Å². The van der Waals surface area contributed by atoms with Gasteiger partial charge in [0.2, 0.25) is 0 Å². The number of rotatable bonds is 8. The van der Waals surface area contributed by atoms with Crippen molar-refractivity contribution in [1.82, 2.24) is 4.90 Å². The molecule has 3 aromatic rings. The van der Waals surface area contributed by atoms with Crippen molar-refractivity contribution in [3.05, 3.63) is 90.0 Å². The van der Waals surface area contributed by atoms with E-state index in [1.807, 2.05) is 59.5 Å². The third-order valence-electron chi connectivity index (χ3n) is 6.25. The van der Waals surface area contributed by atoms with Gasteiger partial charge in [0.15, 0.2) is 0 Å². The number of nitrogens with zero attached hydrogens (tertiary/aromatic N) is 1. The van der Waals surface area contributed by atoms with Crippen LogP contribution >= 0.6 is 0 Å². The Morgan fingerprint density at radius 1 is 0.938 bits per heavy atom. The van der Waals surface area contributed by atoms with Crippen LogP contribution in [0.4, 0.5) is 0 Å². The SMILES string of the molecule is CC1(COc2ccc(CN(C(=O)c3ccc(-c4ccccc4)cc3)C3CC3)cc2)COC1. The van der Waals surface area contributed by atoms with E-state index in [-0.39, 0.29) is 11.3 Å². The van der Waals surface area contributed by atoms with Gasteiger partial charge in [0, 0.05) is 23.6 Å². The molecule has 1 saturated carbocycles. The predicted octanol–water partition coefficient (Wildman–Crippen LogP) is 5.57. The van der Waals surface area contributed by atoms with Crippen molar-refractivity contribution >= 4 is 5.91 Å². The molecule has 0 unspecified atom stereocenters. The molecule has 4 heteroatoms. The number of hydrogen-bond acceptors (Lipinski definition) is 3. The summed E-state index contributed by atoms with van der Waals surface area (Å²) in [7, 11) is 0. The van der Waals surface area contributed by atoms with Gasteiger partial charge < -0.3 is 14.4 Å². The number of amides is 1. The van der Waals surface area contributed by atoms with Crippen molar-refractivity contribution in [3.63, 3.8) is 0 Å². The molecule has 5 rings (SSSR count). The lowest BCUT2D eigenvalue weighted by Crippen LogP contribution is -2.44. The van der Waals surface area contributed by atoms with Gasteiger partial charge in [-0.15, -0.1) is 0 Å². The fourth-order valence-electron chi connectivity index (χ4n) is 4.03. The number of hydrogen-bond donors (Lipinski definition) is 0. The summed E-state index contributed by atoms with van der Waals surface area (Å²) in [6, 6.07) is 26.7. The van der Waals surface area contributed by atoms with Crippen LogP contribution in [0.1, 0.15) is 35.7 Å². The number of benzene rings is 3. The van der Waals surface area contributed by atoms with Gasteiger partial charge in [-0.25, -0.2) is 0 Å². The maximum atomic E-state index is 13.3. The molecule has 1 aliphatic carbocycles. The first-order valence-electron chi connectivity index (χ1n) is 11.4. The molecule has 4 nitrogen and oxygen atoms in total. The zero-order chi connectivity index (χ0) is 22.0. The summed E-state index contributed by atoms with van der Waals surface area (Å²) in [5, 5.41) is 0. The number of carbonyl (C=O) groups is 1. The summed E-state index contributed by atoms with van der Waals surface area (Å²) in [4.78, 5) is 15.3. The quantitative estimate of drug-likeness (QED) is 0.471. The fraction of sp³-hybridized carbons (Fsp3) is 0.321. The Bertz CT molecular complexity index is 1050. The maximum Gasteiger partial charge on any atom is 0.254 e. The average Bonchev–Trinajstić information content (AvgIpc) is 3.66. The highest BCUT2D eigenvalue weighted by Gasteiger charge is 2.34. The fourth-order valence-corrected chi connectivity index (χ4v) is 4.03. The highest BCUT2D eigenvalue weighted by molar-refractivity contribution is 5.95. The molecule has 2 fully saturated rings. The Morgan fingerprint density at radius 3 is 2.19 bits per heavy atom. The number of ether oxygens (including phenoxy) is 2. The molecule has 0 bridgehead atoms. The topological polar surface area (TPSA) is 38.8 Å². The van der Waals surface area contributed by atoms with E-state index in [2.05, 4.69) is 31.2 Å². The standard InChI is InChI=1S/C28H29NO3/c1-28(18-31-19-28)20-32-26-15-7-21(8-16-26)17-29(25-13-14-25)27(30)24-11-9-23(10-12-24)22-5-3-2-4-6-22/h2-12,15-16,25H,13-14,17-20H2,1H3. The number of carbonyl (C=O) groups excluding carboxylic acids is 1. The Labute approximate surface area is 189 Å². The van der Waals surface area contributed by atoms with E-state index in [1.165, 1.54) is 0 Å². The van der Waals surface area contributed by atoms with Gasteiger partial charge in [0.25, 0.3) is 5.91 Å². The van der Waals surface area contributed by atoms with Crippen LogP contribution in [0.5, 0.6) is 5.75 Å². The van der Waals surface area contributed by atoms with Crippen molar-refractivity contribution in [2.45, 2.75) is 32.4 Å². The highest BCUT2D eigenvalue weighted by Crippen LogP contribution is 2.31. The molecular weight excluding hydrogens is 398 g/mol. The van der Waals surface area contributed by atoms with Gasteiger partial charge in [-0.2, -0.15) is 0 Å². The second-order valence-corrected chi connectivity index (χ2v) is 9.34. The molecule has 0 atom stereocenters. The summed E-state index contributed by atoms with van der Waals surface area (Å²) in [6.07, 6.45) is 2.16. The molecule has 32 heavy (non-hydrogen) atoms. The lowest BCUT2D eigenvalue weighted by molar-refractivity contribution is -0.120. The van der Waals surface area contributed by atoms with Crippen LogP contribution in [0, 0.1) is 5.41 Å². The minimum atomic E-state index is 0.102. The molecule has 1 heterocycles. The lowest BCUT2D eigenvalue weighted by atomic mass is 9.90. The molecule has 2 aliphatic rings. The zero-order valence-electron chi connectivity index (χ0n) is 18.5. The Morgan fingerprint density at radius 2 is 1.59 bits per heavy atom. The first kappa shape index (κ1) is 20.8. The summed E-state index contributed by atoms with van der Waals surface area (Å²) in [5.74, 6) is 0.966. The van der Waals surface area contributed by atoms with Crippen LogP contribution in [0.15, 0.2) is 78.9 Å². The van der Waals surface area contributed by atoms with Gasteiger partial charge in [-0.1, -0.05) is 61.5 Å². The second-order valence-electron chi connectivity index (χ2n) is 9.34. The van der Waals surface area contributed by atoms with E-state index in [1.54, 1.807) is 0 Å². The van der Waals surface area contributed by atoms with Crippen molar-refractivity contribution in [2.75, 3.05) is 19.8 Å². The first-order valence-corrected chi connectivity index (χ1v) is 11.4. The molecule has 3 aromatic carbocycles. The monoisotopic (exact) mass is 427 g/mol. The summed E-state index contributed by atoms with van der Waals surface area (Å²) < 4.78 is 11.2. The van der Waals surface area contributed by atoms with Crippen molar-refractivity contribution < 1.29 is 14.3 Å². The van der Waals surface area contributed by atoms with Gasteiger partial charge >= 0.3 is 0 Å². The molecule has 1 aliphatic heterocycles. The molecule has 0 aromatic heterocycles. The van der Waals surface area contributed by atoms with E-state index in [0.29, 0.717) is 19.2 Å². The van der Waals surface area contributed by atoms with Crippen LogP contribution < -0.4 is 4.74 Å². The third kappa shape index (κ3) is 4.71. The van der Waals surface area contributed by atoms with Crippen LogP contribution in [0.3, 0.4) is 0 Å². The molecule has 0 spiro atoms. The normalized spacial score (nSPS) is 16.8. The molecule has 0 radical (unpaired) electrons. The van der Waals surface area contributed by atoms with E-state index in [0.717, 1.165) is 54.1 Å². The second kappa shape index (κ2) is 8.79. The van der Waals surface area contributed by atoms with Gasteiger partial charge in [-0.3, -0.25) is 4.79 Å². The summed E-state index contributed by atoms with van der Waals surface area (Å²) in [6.45, 7) is 4.98. The van der Waals surface area contributed by atoms with Crippen molar-refractivity contribution in [3.8, 4) is 16.9 Å². The summed E-state index contributed by atoms with van der Waals surface area (Å²) >= 11 is 0. The van der Waals surface area contributed by atoms with Crippen LogP contribution in [0.25, 0.3) is 11.1 Å². The van der Waals surface area contributed by atoms with Gasteiger partial charge in [0.05, 0.1) is 19.8 Å². The Balaban J connectivity index is 1.24. The Kier molecular flexibility index (Phi) is 5.71. The van der Waals surface area contributed by atoms with E-state index >= 15 is 0 Å². The average molecular weight is 428 g/mol. The highest BCUT2D eigenvalue weighted by atomic mass is 16.5. The zero-order valence-corrected chi connectivity index (χ0v) is 18.5. The van der Waals surface area contributed by atoms with Gasteiger partial charge in [0.1, 0.15) is 5.75 Å². The molecule has 1 amide bonds. The van der Waals surface area contributed by atoms with E-state index in [9.17, 15) is 4.79 Å². The molecule has 1 saturated heterocycles. The predicted molar refractivity (Wildman–Crippen MR) is 126 cm³/mol. The molecule has 0 N–H and O–H groups in total. The first-order chi connectivity index (χ1) is 15.6. The molecular formula is C28H29NO3. The Hall–Kier alpha value is -3.11. The smallest absolute Gasteiger partial charge is 0.254 e. The van der Waals surface area contributed by atoms with Gasteiger partial charge in [-0.05, 0) is 53.8 Å². The molecule has 164 valence electrons. The van der Waals surface area contributed by atoms with Crippen LogP contribution in [-0.2, 0) is 11.3 Å². The minimum Gasteiger partial charge on any atom is -0.493 e. The third-order valence-corrected chi connectivity index (χ3v) is 6.25. The van der Waals surface area contributed by atoms with E-state index < -0.39 is 0 Å². The maximum absolute atomic E-state index is 13.3. The minimum absolute atomic E-state index is 0.102.